The van der Waals surface area contributed by atoms with E-state index in [4.69, 9.17) is 4.74 Å². The second kappa shape index (κ2) is 20.0. The third-order valence-corrected chi connectivity index (χ3v) is 17.9. The number of aliphatic hydroxyl groups is 1. The van der Waals surface area contributed by atoms with Gasteiger partial charge in [0.05, 0.1) is 0 Å². The van der Waals surface area contributed by atoms with Crippen LogP contribution in [0.4, 0.5) is 9.59 Å². The van der Waals surface area contributed by atoms with Crippen molar-refractivity contribution >= 4 is 49.5 Å². The summed E-state index contributed by atoms with van der Waals surface area (Å²) in [5.74, 6) is -1.68. The molecule has 1 aliphatic carbocycles. The number of amides is 5. The van der Waals surface area contributed by atoms with Crippen LogP contribution in [-0.2, 0) is 19.1 Å². The van der Waals surface area contributed by atoms with Crippen molar-refractivity contribution in [2.24, 2.45) is 10.8 Å². The Kier molecular flexibility index (Phi) is 17.4. The molecule has 5 amide bonds. The van der Waals surface area contributed by atoms with Crippen LogP contribution in [0.2, 0.25) is 0 Å². The molecule has 13 nitrogen and oxygen atoms in total. The zero-order valence-electron chi connectivity index (χ0n) is 31.8. The number of alkyl carbamates (subject to hydrolysis) is 1. The molecule has 3 unspecified atom stereocenters. The number of hydrogen-bond acceptors (Lipinski definition) is 8. The second-order valence-corrected chi connectivity index (χ2v) is 22.8. The van der Waals surface area contributed by atoms with Crippen LogP contribution < -0.4 is 26.6 Å². The molecular weight excluding hydrogens is 755 g/mol. The molecule has 2 rings (SSSR count). The van der Waals surface area contributed by atoms with Crippen LogP contribution in [-0.4, -0.2) is 102 Å². The van der Waals surface area contributed by atoms with Gasteiger partial charge in [-0.05, 0) is 6.92 Å². The first kappa shape index (κ1) is 43.7. The Hall–Kier alpha value is -2.46. The van der Waals surface area contributed by atoms with Gasteiger partial charge < -0.3 is 0 Å². The average Bonchev–Trinajstić information content (AvgIpc) is 3.40. The van der Waals surface area contributed by atoms with E-state index in [1.165, 1.54) is 6.08 Å². The summed E-state index contributed by atoms with van der Waals surface area (Å²) in [6.07, 6.45) is 4.99. The predicted molar refractivity (Wildman–Crippen MR) is 205 cm³/mol. The van der Waals surface area contributed by atoms with Gasteiger partial charge in [0, 0.05) is 6.54 Å². The first-order chi connectivity index (χ1) is 23.4. The molecule has 1 saturated heterocycles. The number of urea groups is 1. The van der Waals surface area contributed by atoms with Gasteiger partial charge >= 0.3 is 295 Å². The van der Waals surface area contributed by atoms with Gasteiger partial charge in [-0.15, -0.1) is 0 Å². The summed E-state index contributed by atoms with van der Waals surface area (Å²) in [5.41, 5.74) is -0.994. The standard InChI is InChI=1S/C36H65IN6O7/c1-11-17-25(28(44)31(46)39-20-12-2)40-30(45)27-24(6)37(23(4)5)22-43(27)32(47)29(36(10)18-15-14-16-19-36)42-33(48)41-26(35(7,8)9)21-50-34(49)38-13-3/h12,23-27,29-30,40,45H,2,11,13-22H2,1,3-10H3,(H,38,49)(H,39,46)(H2,41,42,48)/t24-,25?,26-,27?,29-,30?/m1/s1. The number of carbonyl (C=O) groups excluding carboxylic acids is 5. The molecule has 2 fully saturated rings. The number of carbonyl (C=O) groups is 5. The Morgan fingerprint density at radius 2 is 1.70 bits per heavy atom. The molecule has 50 heavy (non-hydrogen) atoms. The first-order valence-electron chi connectivity index (χ1n) is 18.2. The Bertz CT molecular complexity index is 1170. The molecule has 6 atom stereocenters. The fraction of sp³-hybridized carbons (Fsp3) is 0.806. The second-order valence-electron chi connectivity index (χ2n) is 15.2. The number of nitrogens with one attached hydrogen (secondary N) is 5. The van der Waals surface area contributed by atoms with E-state index < -0.39 is 84.9 Å². The molecule has 288 valence electrons. The molecule has 14 heteroatoms. The van der Waals surface area contributed by atoms with Gasteiger partial charge in [-0.3, -0.25) is 0 Å². The SMILES string of the molecule is C=CCNC(=O)C(=O)C(CCC)NC(O)C1[C@@H](C)I(C(C)C)CN1C(=O)[C@@H](NC(=O)N[C@H](COC(=O)NCC)C(C)(C)C)C1(C)CCCCC1. The quantitative estimate of drug-likeness (QED) is 0.0316. The summed E-state index contributed by atoms with van der Waals surface area (Å²) in [6, 6.07) is -3.53. The Morgan fingerprint density at radius 1 is 1.06 bits per heavy atom. The molecule has 1 saturated carbocycles. The van der Waals surface area contributed by atoms with E-state index in [1.807, 2.05) is 34.6 Å². The van der Waals surface area contributed by atoms with Gasteiger partial charge in [-0.25, -0.2) is 0 Å². The van der Waals surface area contributed by atoms with Crippen molar-refractivity contribution in [2.45, 2.75) is 146 Å². The van der Waals surface area contributed by atoms with Gasteiger partial charge in [0.2, 0.25) is 0 Å². The summed E-state index contributed by atoms with van der Waals surface area (Å²) >= 11 is -1.88. The Morgan fingerprint density at radius 3 is 2.24 bits per heavy atom. The summed E-state index contributed by atoms with van der Waals surface area (Å²) in [6.45, 7) is 22.0. The van der Waals surface area contributed by atoms with Crippen molar-refractivity contribution in [3.8, 4) is 0 Å². The molecular formula is C36H65IN6O7. The summed E-state index contributed by atoms with van der Waals surface area (Å²) in [7, 11) is 0. The number of hydrogen-bond donors (Lipinski definition) is 6. The number of ketones is 1. The van der Waals surface area contributed by atoms with Crippen LogP contribution in [0.5, 0.6) is 0 Å². The fourth-order valence-corrected chi connectivity index (χ4v) is 13.8. The van der Waals surface area contributed by atoms with E-state index in [-0.39, 0.29) is 23.0 Å². The van der Waals surface area contributed by atoms with E-state index in [0.717, 1.165) is 32.1 Å². The zero-order valence-corrected chi connectivity index (χ0v) is 34.0. The van der Waals surface area contributed by atoms with Crippen molar-refractivity contribution < 1.29 is 33.8 Å². The monoisotopic (exact) mass is 820 g/mol. The number of aliphatic hydroxyl groups excluding tert-OH is 1. The first-order valence-corrected chi connectivity index (χ1v) is 22.2. The molecule has 0 radical (unpaired) electrons. The Labute approximate surface area is 307 Å². The van der Waals surface area contributed by atoms with E-state index in [2.05, 4.69) is 53.9 Å². The van der Waals surface area contributed by atoms with Gasteiger partial charge in [0.25, 0.3) is 0 Å². The van der Waals surface area contributed by atoms with Crippen molar-refractivity contribution in [3.63, 3.8) is 0 Å². The predicted octanol–water partition coefficient (Wildman–Crippen LogP) is 4.21. The summed E-state index contributed by atoms with van der Waals surface area (Å²) in [5, 5.41) is 26.0. The third kappa shape index (κ3) is 12.1. The number of alkyl halides is 3. The normalized spacial score (nSPS) is 22.1. The summed E-state index contributed by atoms with van der Waals surface area (Å²) in [4.78, 5) is 68.2. The van der Waals surface area contributed by atoms with Crippen LogP contribution in [0.25, 0.3) is 0 Å². The number of ether oxygens (including phenoxy) is 1. The van der Waals surface area contributed by atoms with Crippen LogP contribution in [0, 0.1) is 10.8 Å². The molecule has 0 aromatic carbocycles. The molecule has 6 N–H and O–H groups in total. The number of halogens is 1. The molecule has 0 aromatic rings. The summed E-state index contributed by atoms with van der Waals surface area (Å²) < 4.78 is 6.25. The van der Waals surface area contributed by atoms with Gasteiger partial charge in [0.1, 0.15) is 0 Å². The minimum absolute atomic E-state index is 0.00273. The van der Waals surface area contributed by atoms with Crippen LogP contribution >= 0.6 is 19.8 Å². The molecule has 0 bridgehead atoms. The number of rotatable bonds is 17. The van der Waals surface area contributed by atoms with Crippen molar-refractivity contribution in [2.75, 3.05) is 24.2 Å². The number of nitrogens with zero attached hydrogens (tertiary/aromatic N) is 1. The molecule has 2 aliphatic rings. The van der Waals surface area contributed by atoms with Gasteiger partial charge in [0.15, 0.2) is 0 Å². The molecule has 1 heterocycles. The van der Waals surface area contributed by atoms with Crippen molar-refractivity contribution in [3.05, 3.63) is 12.7 Å². The topological polar surface area (TPSA) is 178 Å². The van der Waals surface area contributed by atoms with Crippen molar-refractivity contribution in [1.29, 1.82) is 0 Å². The van der Waals surface area contributed by atoms with E-state index >= 15 is 0 Å². The number of Topliss-reactive ketones (excluding diaryl/α,β-unsaturated/α-hetero) is 1. The van der Waals surface area contributed by atoms with Gasteiger partial charge in [-0.1, -0.05) is 0 Å². The third-order valence-electron chi connectivity index (χ3n) is 9.87. The van der Waals surface area contributed by atoms with Crippen molar-refractivity contribution in [1.82, 2.24) is 31.5 Å². The van der Waals surface area contributed by atoms with E-state index in [9.17, 15) is 29.1 Å². The minimum atomic E-state index is -1.88. The van der Waals surface area contributed by atoms with E-state index in [1.54, 1.807) is 11.8 Å². The van der Waals surface area contributed by atoms with Gasteiger partial charge in [-0.2, -0.15) is 0 Å². The average molecular weight is 821 g/mol. The van der Waals surface area contributed by atoms with Crippen LogP contribution in [0.15, 0.2) is 12.7 Å². The fourth-order valence-electron chi connectivity index (χ4n) is 6.75. The Balaban J connectivity index is 2.44. The van der Waals surface area contributed by atoms with Crippen LogP contribution in [0.3, 0.4) is 0 Å². The molecule has 0 spiro atoms. The maximum atomic E-state index is 14.9. The zero-order chi connectivity index (χ0) is 37.8. The maximum absolute atomic E-state index is 14.9. The molecule has 0 aromatic heterocycles. The van der Waals surface area contributed by atoms with Crippen LogP contribution in [0.1, 0.15) is 107 Å². The molecule has 1 aliphatic heterocycles. The van der Waals surface area contributed by atoms with E-state index in [0.29, 0.717) is 27.9 Å².